The van der Waals surface area contributed by atoms with E-state index < -0.39 is 23.5 Å². The van der Waals surface area contributed by atoms with Crippen molar-refractivity contribution in [2.24, 2.45) is 0 Å². The molecule has 1 aromatic heterocycles. The predicted molar refractivity (Wildman–Crippen MR) is 132 cm³/mol. The van der Waals surface area contributed by atoms with Crippen molar-refractivity contribution >= 4 is 11.7 Å². The van der Waals surface area contributed by atoms with Gasteiger partial charge in [0.25, 0.3) is 5.91 Å². The Morgan fingerprint density at radius 1 is 0.972 bits per heavy atom. The van der Waals surface area contributed by atoms with Gasteiger partial charge in [0, 0.05) is 26.2 Å². The number of nitrogens with zero attached hydrogens (tertiary/aromatic N) is 2. The Kier molecular flexibility index (Phi) is 7.16. The quantitative estimate of drug-likeness (QED) is 0.459. The minimum absolute atomic E-state index is 0.0230. The zero-order valence-corrected chi connectivity index (χ0v) is 19.8. The highest BCUT2D eigenvalue weighted by Crippen LogP contribution is 2.39. The molecule has 36 heavy (non-hydrogen) atoms. The maximum atomic E-state index is 13.3. The average molecular weight is 489 g/mol. The van der Waals surface area contributed by atoms with E-state index in [1.807, 2.05) is 54.6 Å². The van der Waals surface area contributed by atoms with Crippen LogP contribution in [0.25, 0.3) is 0 Å². The van der Waals surface area contributed by atoms with E-state index in [1.54, 1.807) is 11.0 Å². The molecule has 1 unspecified atom stereocenters. The van der Waals surface area contributed by atoms with Gasteiger partial charge >= 0.3 is 0 Å². The third-order valence-corrected chi connectivity index (χ3v) is 6.50. The lowest BCUT2D eigenvalue weighted by Gasteiger charge is -2.31. The minimum atomic E-state index is -0.737. The van der Waals surface area contributed by atoms with Crippen LogP contribution in [0.4, 0.5) is 0 Å². The van der Waals surface area contributed by atoms with E-state index in [2.05, 4.69) is 4.90 Å². The summed E-state index contributed by atoms with van der Waals surface area (Å²) >= 11 is 0. The molecule has 2 aromatic carbocycles. The number of ketones is 1. The second kappa shape index (κ2) is 10.8. The molecule has 1 N–H and O–H groups in total. The molecular weight excluding hydrogens is 460 g/mol. The van der Waals surface area contributed by atoms with Gasteiger partial charge in [0.2, 0.25) is 5.78 Å². The van der Waals surface area contributed by atoms with Gasteiger partial charge in [-0.3, -0.25) is 14.5 Å². The number of hydrogen-bond acceptors (Lipinski definition) is 7. The van der Waals surface area contributed by atoms with Crippen LogP contribution in [0.5, 0.6) is 5.75 Å². The number of furan rings is 1. The fourth-order valence-corrected chi connectivity index (χ4v) is 4.56. The van der Waals surface area contributed by atoms with E-state index in [0.29, 0.717) is 44.2 Å². The number of carbonyl (C=O) groups excluding carboxylic acids is 2. The Labute approximate surface area is 209 Å². The molecule has 8 heteroatoms. The first kappa shape index (κ1) is 23.8. The highest BCUT2D eigenvalue weighted by Gasteiger charge is 2.44. The minimum Gasteiger partial charge on any atom is -0.503 e. The molecule has 5 rings (SSSR count). The Morgan fingerprint density at radius 3 is 2.42 bits per heavy atom. The summed E-state index contributed by atoms with van der Waals surface area (Å²) in [6.07, 6.45) is 1.39. The molecular formula is C28H28N2O6. The number of aliphatic hydroxyl groups excluding tert-OH is 1. The fourth-order valence-electron chi connectivity index (χ4n) is 4.56. The lowest BCUT2D eigenvalue weighted by atomic mass is 9.95. The summed E-state index contributed by atoms with van der Waals surface area (Å²) < 4.78 is 16.6. The van der Waals surface area contributed by atoms with Gasteiger partial charge in [-0.25, -0.2) is 0 Å². The zero-order valence-electron chi connectivity index (χ0n) is 19.8. The first-order chi connectivity index (χ1) is 17.6. The number of hydrogen-bond donors (Lipinski definition) is 1. The zero-order chi connectivity index (χ0) is 24.9. The van der Waals surface area contributed by atoms with Crippen LogP contribution < -0.4 is 4.74 Å². The standard InChI is InChI=1S/C28H28N2O6/c31-26(23-7-4-16-35-23)24-25(30(28(33)27(24)32)13-12-29-14-17-34-18-15-29)21-8-10-22(11-9-21)36-19-20-5-2-1-3-6-20/h1-11,16,25,32H,12-15,17-19H2. The lowest BCUT2D eigenvalue weighted by Crippen LogP contribution is -2.43. The molecule has 3 heterocycles. The Balaban J connectivity index is 1.39. The Bertz CT molecular complexity index is 1210. The van der Waals surface area contributed by atoms with Gasteiger partial charge in [-0.05, 0) is 35.4 Å². The second-order valence-electron chi connectivity index (χ2n) is 8.77. The Morgan fingerprint density at radius 2 is 1.72 bits per heavy atom. The number of carbonyl (C=O) groups is 2. The van der Waals surface area contributed by atoms with E-state index in [0.717, 1.165) is 18.7 Å². The number of benzene rings is 2. The van der Waals surface area contributed by atoms with E-state index in [4.69, 9.17) is 13.9 Å². The molecule has 3 aromatic rings. The van der Waals surface area contributed by atoms with Crippen molar-refractivity contribution in [3.05, 3.63) is 101 Å². The van der Waals surface area contributed by atoms with Crippen LogP contribution in [-0.4, -0.2) is 66.0 Å². The van der Waals surface area contributed by atoms with E-state index in [-0.39, 0.29) is 11.3 Å². The first-order valence-corrected chi connectivity index (χ1v) is 12.0. The van der Waals surface area contributed by atoms with Crippen molar-refractivity contribution in [3.8, 4) is 5.75 Å². The normalized spacial score (nSPS) is 18.6. The van der Waals surface area contributed by atoms with Gasteiger partial charge in [0.05, 0.1) is 31.1 Å². The monoisotopic (exact) mass is 488 g/mol. The number of aliphatic hydroxyl groups is 1. The SMILES string of the molecule is O=C(C1=C(O)C(=O)N(CCN2CCOCC2)C1c1ccc(OCc2ccccc2)cc1)c1ccco1. The molecule has 8 nitrogen and oxygen atoms in total. The highest BCUT2D eigenvalue weighted by molar-refractivity contribution is 6.15. The molecule has 1 atom stereocenters. The largest absolute Gasteiger partial charge is 0.503 e. The molecule has 1 saturated heterocycles. The molecule has 0 radical (unpaired) electrons. The number of ether oxygens (including phenoxy) is 2. The smallest absolute Gasteiger partial charge is 0.290 e. The topological polar surface area (TPSA) is 92.5 Å². The number of morpholine rings is 1. The molecule has 2 aliphatic rings. The van der Waals surface area contributed by atoms with Gasteiger partial charge in [-0.15, -0.1) is 0 Å². The molecule has 1 amide bonds. The van der Waals surface area contributed by atoms with Crippen molar-refractivity contribution in [1.82, 2.24) is 9.80 Å². The number of rotatable bonds is 9. The van der Waals surface area contributed by atoms with Crippen molar-refractivity contribution in [2.75, 3.05) is 39.4 Å². The van der Waals surface area contributed by atoms with Gasteiger partial charge < -0.3 is 23.9 Å². The third-order valence-electron chi connectivity index (χ3n) is 6.50. The summed E-state index contributed by atoms with van der Waals surface area (Å²) in [6.45, 7) is 4.24. The summed E-state index contributed by atoms with van der Waals surface area (Å²) in [7, 11) is 0. The van der Waals surface area contributed by atoms with Crippen LogP contribution >= 0.6 is 0 Å². The lowest BCUT2D eigenvalue weighted by molar-refractivity contribution is -0.129. The third kappa shape index (κ3) is 5.05. The summed E-state index contributed by atoms with van der Waals surface area (Å²) in [5.74, 6) is -0.861. The van der Waals surface area contributed by atoms with Crippen LogP contribution in [0.15, 0.2) is 88.7 Å². The predicted octanol–water partition coefficient (Wildman–Crippen LogP) is 3.77. The van der Waals surface area contributed by atoms with Gasteiger partial charge in [-0.1, -0.05) is 42.5 Å². The van der Waals surface area contributed by atoms with Gasteiger partial charge in [-0.2, -0.15) is 0 Å². The van der Waals surface area contributed by atoms with Crippen LogP contribution in [0.3, 0.4) is 0 Å². The first-order valence-electron chi connectivity index (χ1n) is 12.0. The average Bonchev–Trinajstić information content (AvgIpc) is 3.55. The van der Waals surface area contributed by atoms with Crippen molar-refractivity contribution in [2.45, 2.75) is 12.6 Å². The molecule has 0 aliphatic carbocycles. The van der Waals surface area contributed by atoms with Gasteiger partial charge in [0.1, 0.15) is 12.4 Å². The van der Waals surface area contributed by atoms with Crippen LogP contribution in [0.1, 0.15) is 27.7 Å². The number of Topliss-reactive ketones (excluding diaryl/α,β-unsaturated/α-hetero) is 1. The Hall–Kier alpha value is -3.88. The summed E-state index contributed by atoms with van der Waals surface area (Å²) in [5.41, 5.74) is 1.78. The maximum absolute atomic E-state index is 13.3. The van der Waals surface area contributed by atoms with Gasteiger partial charge in [0.15, 0.2) is 11.5 Å². The van der Waals surface area contributed by atoms with Crippen molar-refractivity contribution < 1.29 is 28.6 Å². The molecule has 0 bridgehead atoms. The molecule has 0 spiro atoms. The van der Waals surface area contributed by atoms with E-state index in [1.165, 1.54) is 12.3 Å². The van der Waals surface area contributed by atoms with E-state index in [9.17, 15) is 14.7 Å². The van der Waals surface area contributed by atoms with Crippen LogP contribution in [0, 0.1) is 0 Å². The molecule has 2 aliphatic heterocycles. The number of amides is 1. The molecule has 1 fully saturated rings. The molecule has 186 valence electrons. The summed E-state index contributed by atoms with van der Waals surface area (Å²) in [4.78, 5) is 30.2. The summed E-state index contributed by atoms with van der Waals surface area (Å²) in [6, 6.07) is 19.5. The van der Waals surface area contributed by atoms with Crippen LogP contribution in [0.2, 0.25) is 0 Å². The molecule has 0 saturated carbocycles. The van der Waals surface area contributed by atoms with Crippen LogP contribution in [-0.2, 0) is 16.1 Å². The second-order valence-corrected chi connectivity index (χ2v) is 8.77. The van der Waals surface area contributed by atoms with E-state index >= 15 is 0 Å². The van der Waals surface area contributed by atoms with Crippen molar-refractivity contribution in [1.29, 1.82) is 0 Å². The fraction of sp³-hybridized carbons (Fsp3) is 0.286. The maximum Gasteiger partial charge on any atom is 0.290 e. The summed E-state index contributed by atoms with van der Waals surface area (Å²) in [5, 5.41) is 10.8. The highest BCUT2D eigenvalue weighted by atomic mass is 16.5. The van der Waals surface area contributed by atoms with Crippen molar-refractivity contribution in [3.63, 3.8) is 0 Å².